The molecule has 28 heavy (non-hydrogen) atoms. The van der Waals surface area contributed by atoms with Gasteiger partial charge in [0.05, 0.1) is 5.69 Å². The van der Waals surface area contributed by atoms with E-state index in [0.29, 0.717) is 24.6 Å². The van der Waals surface area contributed by atoms with E-state index in [4.69, 9.17) is 0 Å². The second-order valence-corrected chi connectivity index (χ2v) is 7.48. The van der Waals surface area contributed by atoms with Crippen LogP contribution in [0.15, 0.2) is 24.3 Å². The lowest BCUT2D eigenvalue weighted by Crippen LogP contribution is -2.13. The lowest BCUT2D eigenvalue weighted by molar-refractivity contribution is -0.116. The molecule has 0 bridgehead atoms. The molecule has 3 aromatic rings. The first kappa shape index (κ1) is 19.7. The van der Waals surface area contributed by atoms with Gasteiger partial charge >= 0.3 is 0 Å². The molecule has 2 heterocycles. The lowest BCUT2D eigenvalue weighted by Gasteiger charge is -2.09. The molecule has 2 aromatic heterocycles. The second-order valence-electron chi connectivity index (χ2n) is 7.48. The maximum absolute atomic E-state index is 12.5. The molecule has 8 nitrogen and oxygen atoms in total. The normalized spacial score (nSPS) is 11.2. The van der Waals surface area contributed by atoms with Crippen molar-refractivity contribution in [2.75, 3.05) is 5.32 Å². The quantitative estimate of drug-likeness (QED) is 0.679. The van der Waals surface area contributed by atoms with E-state index in [1.807, 2.05) is 35.9 Å². The van der Waals surface area contributed by atoms with Gasteiger partial charge < -0.3 is 5.32 Å². The fourth-order valence-corrected chi connectivity index (χ4v) is 3.29. The third-order valence-electron chi connectivity index (χ3n) is 4.70. The monoisotopic (exact) mass is 381 g/mol. The summed E-state index contributed by atoms with van der Waals surface area (Å²) in [4.78, 5) is 12.5. The highest BCUT2D eigenvalue weighted by Gasteiger charge is 2.14. The molecule has 0 spiro atoms. The Kier molecular flexibility index (Phi) is 5.87. The Balaban J connectivity index is 1.64. The standard InChI is InChI=1S/C20H27N7O/c1-13(2)12-27-15(4)18(14(3)23-27)9-10-19(28)21-17-8-6-7-16(11-17)20-22-24-25-26(20)5/h6-8,11,13H,9-10,12H2,1-5H3,(H,21,28). The molecule has 0 aliphatic carbocycles. The molecule has 0 fully saturated rings. The average Bonchev–Trinajstić information content (AvgIpc) is 3.17. The van der Waals surface area contributed by atoms with E-state index in [-0.39, 0.29) is 5.91 Å². The highest BCUT2D eigenvalue weighted by atomic mass is 16.1. The van der Waals surface area contributed by atoms with Crippen molar-refractivity contribution < 1.29 is 4.79 Å². The van der Waals surface area contributed by atoms with Gasteiger partial charge in [0.2, 0.25) is 5.91 Å². The Morgan fingerprint density at radius 3 is 2.71 bits per heavy atom. The van der Waals surface area contributed by atoms with Gasteiger partial charge in [0.25, 0.3) is 0 Å². The second kappa shape index (κ2) is 8.33. The molecule has 1 N–H and O–H groups in total. The van der Waals surface area contributed by atoms with Gasteiger partial charge in [-0.15, -0.1) is 5.10 Å². The van der Waals surface area contributed by atoms with Crippen LogP contribution in [0.25, 0.3) is 11.4 Å². The van der Waals surface area contributed by atoms with Crippen LogP contribution in [0.2, 0.25) is 0 Å². The maximum Gasteiger partial charge on any atom is 0.224 e. The van der Waals surface area contributed by atoms with Crippen molar-refractivity contribution in [1.29, 1.82) is 0 Å². The van der Waals surface area contributed by atoms with E-state index in [9.17, 15) is 4.79 Å². The first-order valence-corrected chi connectivity index (χ1v) is 9.50. The summed E-state index contributed by atoms with van der Waals surface area (Å²) in [6, 6.07) is 7.53. The van der Waals surface area contributed by atoms with E-state index in [2.05, 4.69) is 46.7 Å². The molecule has 8 heteroatoms. The molecule has 0 saturated heterocycles. The smallest absolute Gasteiger partial charge is 0.224 e. The Labute approximate surface area is 164 Å². The number of carbonyl (C=O) groups is 1. The highest BCUT2D eigenvalue weighted by molar-refractivity contribution is 5.91. The van der Waals surface area contributed by atoms with Crippen molar-refractivity contribution in [2.45, 2.75) is 47.1 Å². The van der Waals surface area contributed by atoms with Gasteiger partial charge in [0.15, 0.2) is 5.82 Å². The number of hydrogen-bond donors (Lipinski definition) is 1. The third-order valence-corrected chi connectivity index (χ3v) is 4.70. The van der Waals surface area contributed by atoms with Gasteiger partial charge in [-0.25, -0.2) is 4.68 Å². The highest BCUT2D eigenvalue weighted by Crippen LogP contribution is 2.20. The molecule has 0 radical (unpaired) electrons. The molecule has 1 amide bonds. The van der Waals surface area contributed by atoms with Gasteiger partial charge in [-0.3, -0.25) is 9.48 Å². The minimum atomic E-state index is -0.0244. The lowest BCUT2D eigenvalue weighted by atomic mass is 10.1. The molecule has 0 atom stereocenters. The van der Waals surface area contributed by atoms with Crippen LogP contribution in [0.1, 0.15) is 37.2 Å². The van der Waals surface area contributed by atoms with Crippen molar-refractivity contribution in [3.8, 4) is 11.4 Å². The maximum atomic E-state index is 12.5. The fourth-order valence-electron chi connectivity index (χ4n) is 3.29. The van der Waals surface area contributed by atoms with Crippen LogP contribution in [-0.4, -0.2) is 35.9 Å². The fraction of sp³-hybridized carbons (Fsp3) is 0.450. The molecule has 1 aromatic carbocycles. The number of benzene rings is 1. The summed E-state index contributed by atoms with van der Waals surface area (Å²) in [5.74, 6) is 1.16. The largest absolute Gasteiger partial charge is 0.326 e. The van der Waals surface area contributed by atoms with Crippen LogP contribution >= 0.6 is 0 Å². The summed E-state index contributed by atoms with van der Waals surface area (Å²) in [5, 5.41) is 19.1. The van der Waals surface area contributed by atoms with Crippen LogP contribution in [0.5, 0.6) is 0 Å². The third kappa shape index (κ3) is 4.44. The summed E-state index contributed by atoms with van der Waals surface area (Å²) in [6.45, 7) is 9.33. The number of carbonyl (C=O) groups excluding carboxylic acids is 1. The topological polar surface area (TPSA) is 90.5 Å². The molecular formula is C20H27N7O. The minimum absolute atomic E-state index is 0.0244. The number of nitrogens with zero attached hydrogens (tertiary/aromatic N) is 6. The zero-order valence-electron chi connectivity index (χ0n) is 17.1. The van der Waals surface area contributed by atoms with Crippen molar-refractivity contribution in [2.24, 2.45) is 13.0 Å². The van der Waals surface area contributed by atoms with Crippen LogP contribution in [0.3, 0.4) is 0 Å². The van der Waals surface area contributed by atoms with E-state index < -0.39 is 0 Å². The van der Waals surface area contributed by atoms with E-state index in [1.165, 1.54) is 0 Å². The number of tetrazole rings is 1. The zero-order chi connectivity index (χ0) is 20.3. The van der Waals surface area contributed by atoms with Crippen molar-refractivity contribution in [3.63, 3.8) is 0 Å². The first-order valence-electron chi connectivity index (χ1n) is 9.50. The molecule has 0 aliphatic rings. The van der Waals surface area contributed by atoms with Crippen LogP contribution < -0.4 is 5.32 Å². The molecule has 3 rings (SSSR count). The predicted octanol–water partition coefficient (Wildman–Crippen LogP) is 2.92. The van der Waals surface area contributed by atoms with Gasteiger partial charge in [0.1, 0.15) is 0 Å². The molecular weight excluding hydrogens is 354 g/mol. The summed E-state index contributed by atoms with van der Waals surface area (Å²) in [7, 11) is 1.78. The van der Waals surface area contributed by atoms with Crippen LogP contribution in [0.4, 0.5) is 5.69 Å². The van der Waals surface area contributed by atoms with Crippen LogP contribution in [0, 0.1) is 19.8 Å². The van der Waals surface area contributed by atoms with Gasteiger partial charge in [-0.2, -0.15) is 5.10 Å². The number of amides is 1. The average molecular weight is 381 g/mol. The van der Waals surface area contributed by atoms with Gasteiger partial charge in [-0.1, -0.05) is 26.0 Å². The van der Waals surface area contributed by atoms with Crippen LogP contribution in [-0.2, 0) is 24.8 Å². The zero-order valence-corrected chi connectivity index (χ0v) is 17.1. The number of hydrogen-bond acceptors (Lipinski definition) is 5. The first-order chi connectivity index (χ1) is 13.3. The Morgan fingerprint density at radius 1 is 1.25 bits per heavy atom. The Hall–Kier alpha value is -3.03. The number of aryl methyl sites for hydroxylation is 2. The predicted molar refractivity (Wildman–Crippen MR) is 108 cm³/mol. The minimum Gasteiger partial charge on any atom is -0.326 e. The van der Waals surface area contributed by atoms with E-state index in [0.717, 1.165) is 34.7 Å². The van der Waals surface area contributed by atoms with Gasteiger partial charge in [0, 0.05) is 37.0 Å². The SMILES string of the molecule is Cc1nn(CC(C)C)c(C)c1CCC(=O)Nc1cccc(-c2nnnn2C)c1. The summed E-state index contributed by atoms with van der Waals surface area (Å²) in [5.41, 5.74) is 4.90. The summed E-state index contributed by atoms with van der Waals surface area (Å²) >= 11 is 0. The van der Waals surface area contributed by atoms with E-state index in [1.54, 1.807) is 11.7 Å². The van der Waals surface area contributed by atoms with Gasteiger partial charge in [-0.05, 0) is 54.3 Å². The summed E-state index contributed by atoms with van der Waals surface area (Å²) in [6.07, 6.45) is 1.08. The van der Waals surface area contributed by atoms with Crippen molar-refractivity contribution >= 4 is 11.6 Å². The van der Waals surface area contributed by atoms with Crippen molar-refractivity contribution in [3.05, 3.63) is 41.2 Å². The number of anilines is 1. The molecule has 0 saturated carbocycles. The van der Waals surface area contributed by atoms with Crippen molar-refractivity contribution in [1.82, 2.24) is 30.0 Å². The van der Waals surface area contributed by atoms with E-state index >= 15 is 0 Å². The number of nitrogens with one attached hydrogen (secondary N) is 1. The number of rotatable bonds is 7. The molecule has 0 unspecified atom stereocenters. The summed E-state index contributed by atoms with van der Waals surface area (Å²) < 4.78 is 3.65. The Bertz CT molecular complexity index is 971. The number of aromatic nitrogens is 6. The Morgan fingerprint density at radius 2 is 2.04 bits per heavy atom. The molecule has 0 aliphatic heterocycles. The molecule has 148 valence electrons.